The second-order valence-corrected chi connectivity index (χ2v) is 6.48. The van der Waals surface area contributed by atoms with Crippen molar-refractivity contribution >= 4 is 28.3 Å². The van der Waals surface area contributed by atoms with Gasteiger partial charge in [-0.3, -0.25) is 10.1 Å². The number of non-ortho nitro benzene ring substituents is 1. The number of halogens is 1. The number of nitriles is 1. The number of aromatic nitrogens is 1. The number of thiazole rings is 1. The number of hydrogen-bond donors (Lipinski definition) is 1. The van der Waals surface area contributed by atoms with Crippen LogP contribution in [-0.2, 0) is 0 Å². The quantitative estimate of drug-likeness (QED) is 0.376. The maximum Gasteiger partial charge on any atom is 0.269 e. The van der Waals surface area contributed by atoms with E-state index >= 15 is 0 Å². The second kappa shape index (κ2) is 7.76. The summed E-state index contributed by atoms with van der Waals surface area (Å²) in [4.78, 5) is 14.7. The topological polar surface area (TPSA) is 91.8 Å². The molecule has 0 aliphatic carbocycles. The minimum absolute atomic E-state index is 0.00124. The number of benzene rings is 2. The molecule has 0 saturated heterocycles. The van der Waals surface area contributed by atoms with E-state index in [4.69, 9.17) is 0 Å². The molecule has 3 aromatic rings. The first-order valence-corrected chi connectivity index (χ1v) is 8.69. The highest BCUT2D eigenvalue weighted by Crippen LogP contribution is 2.27. The molecule has 0 aliphatic heterocycles. The fourth-order valence-electron chi connectivity index (χ4n) is 2.26. The molecular formula is C19H13FN4O2S. The van der Waals surface area contributed by atoms with Gasteiger partial charge in [-0.15, -0.1) is 11.3 Å². The maximum absolute atomic E-state index is 13.6. The fourth-order valence-corrected chi connectivity index (χ4v) is 3.06. The molecule has 0 fully saturated rings. The lowest BCUT2D eigenvalue weighted by atomic mass is 10.1. The molecule has 0 aliphatic rings. The van der Waals surface area contributed by atoms with Crippen LogP contribution < -0.4 is 5.32 Å². The van der Waals surface area contributed by atoms with Crippen LogP contribution >= 0.6 is 11.3 Å². The van der Waals surface area contributed by atoms with Crippen molar-refractivity contribution in [2.75, 3.05) is 5.32 Å². The molecular weight excluding hydrogens is 367 g/mol. The van der Waals surface area contributed by atoms with Gasteiger partial charge in [0.05, 0.1) is 10.6 Å². The number of anilines is 1. The van der Waals surface area contributed by atoms with Crippen molar-refractivity contribution in [2.45, 2.75) is 6.92 Å². The van der Waals surface area contributed by atoms with Crippen molar-refractivity contribution in [3.8, 4) is 17.3 Å². The normalized spacial score (nSPS) is 11.1. The van der Waals surface area contributed by atoms with Gasteiger partial charge in [0.15, 0.2) is 0 Å². The van der Waals surface area contributed by atoms with Gasteiger partial charge in [0.25, 0.3) is 5.69 Å². The van der Waals surface area contributed by atoms with E-state index < -0.39 is 4.92 Å². The molecule has 134 valence electrons. The number of nitrogens with zero attached hydrogens (tertiary/aromatic N) is 3. The highest BCUT2D eigenvalue weighted by molar-refractivity contribution is 7.11. The van der Waals surface area contributed by atoms with Gasteiger partial charge in [-0.1, -0.05) is 6.07 Å². The summed E-state index contributed by atoms with van der Waals surface area (Å²) in [7, 11) is 0. The Balaban J connectivity index is 1.81. The van der Waals surface area contributed by atoms with E-state index in [1.807, 2.05) is 0 Å². The Hall–Kier alpha value is -3.57. The number of aryl methyl sites for hydroxylation is 1. The van der Waals surface area contributed by atoms with Gasteiger partial charge in [-0.2, -0.15) is 5.26 Å². The molecule has 1 heterocycles. The van der Waals surface area contributed by atoms with Crippen LogP contribution in [0.1, 0.15) is 10.6 Å². The van der Waals surface area contributed by atoms with Gasteiger partial charge >= 0.3 is 0 Å². The van der Waals surface area contributed by atoms with E-state index in [0.717, 1.165) is 0 Å². The van der Waals surface area contributed by atoms with Crippen LogP contribution in [0.2, 0.25) is 0 Å². The van der Waals surface area contributed by atoms with Crippen molar-refractivity contribution in [1.29, 1.82) is 5.26 Å². The molecule has 1 N–H and O–H groups in total. The molecule has 3 rings (SSSR count). The Morgan fingerprint density at radius 2 is 2.07 bits per heavy atom. The van der Waals surface area contributed by atoms with Gasteiger partial charge in [-0.05, 0) is 36.8 Å². The first-order chi connectivity index (χ1) is 13.0. The van der Waals surface area contributed by atoms with Crippen LogP contribution in [-0.4, -0.2) is 9.91 Å². The highest BCUT2D eigenvalue weighted by Gasteiger charge is 2.11. The first-order valence-electron chi connectivity index (χ1n) is 7.81. The molecule has 0 unspecified atom stereocenters. The van der Waals surface area contributed by atoms with Crippen molar-refractivity contribution in [1.82, 2.24) is 4.98 Å². The van der Waals surface area contributed by atoms with Gasteiger partial charge in [0, 0.05) is 35.0 Å². The van der Waals surface area contributed by atoms with Crippen molar-refractivity contribution in [3.05, 3.63) is 80.5 Å². The second-order valence-electron chi connectivity index (χ2n) is 5.62. The minimum Gasteiger partial charge on any atom is -0.360 e. The van der Waals surface area contributed by atoms with Gasteiger partial charge in [0.2, 0.25) is 0 Å². The predicted octanol–water partition coefficient (Wildman–Crippen LogP) is 5.14. The van der Waals surface area contributed by atoms with E-state index in [-0.39, 0.29) is 11.5 Å². The average molecular weight is 380 g/mol. The summed E-state index contributed by atoms with van der Waals surface area (Å²) in [6.45, 7) is 1.67. The summed E-state index contributed by atoms with van der Waals surface area (Å²) in [5.41, 5.74) is 2.70. The van der Waals surface area contributed by atoms with E-state index in [0.29, 0.717) is 33.1 Å². The smallest absolute Gasteiger partial charge is 0.269 e. The number of nitro benzene ring substituents is 1. The molecule has 0 bridgehead atoms. The first kappa shape index (κ1) is 18.2. The Morgan fingerprint density at radius 1 is 1.33 bits per heavy atom. The molecule has 6 nitrogen and oxygen atoms in total. The standard InChI is InChI=1S/C19H13FN4O2S/c1-12-2-5-15(8-17(12)20)22-10-14(9-21)19-23-18(11-27-19)13-3-6-16(7-4-13)24(25)26/h2-8,10-11,22H,1H3/b14-10-. The molecule has 0 atom stereocenters. The average Bonchev–Trinajstić information content (AvgIpc) is 3.15. The van der Waals surface area contributed by atoms with Crippen LogP contribution in [0.5, 0.6) is 0 Å². The molecule has 1 aromatic heterocycles. The monoisotopic (exact) mass is 380 g/mol. The maximum atomic E-state index is 13.6. The molecule has 2 aromatic carbocycles. The summed E-state index contributed by atoms with van der Waals surface area (Å²) in [6, 6.07) is 12.8. The molecule has 8 heteroatoms. The van der Waals surface area contributed by atoms with Crippen molar-refractivity contribution < 1.29 is 9.31 Å². The third kappa shape index (κ3) is 4.16. The minimum atomic E-state index is -0.466. The van der Waals surface area contributed by atoms with E-state index in [1.54, 1.807) is 36.6 Å². The molecule has 0 radical (unpaired) electrons. The van der Waals surface area contributed by atoms with Crippen LogP contribution in [0.15, 0.2) is 54.0 Å². The molecule has 0 amide bonds. The summed E-state index contributed by atoms with van der Waals surface area (Å²) in [5.74, 6) is -0.332. The third-order valence-corrected chi connectivity index (χ3v) is 4.66. The SMILES string of the molecule is Cc1ccc(N/C=C(/C#N)c2nc(-c3ccc([N+](=O)[O-])cc3)cs2)cc1F. The molecule has 0 spiro atoms. The van der Waals surface area contributed by atoms with Gasteiger partial charge in [0.1, 0.15) is 22.5 Å². The zero-order chi connectivity index (χ0) is 19.4. The van der Waals surface area contributed by atoms with Gasteiger partial charge < -0.3 is 5.32 Å². The fraction of sp³-hybridized carbons (Fsp3) is 0.0526. The number of hydrogen-bond acceptors (Lipinski definition) is 6. The number of allylic oxidation sites excluding steroid dienone is 1. The Morgan fingerprint density at radius 3 is 2.70 bits per heavy atom. The lowest BCUT2D eigenvalue weighted by Gasteiger charge is -2.03. The van der Waals surface area contributed by atoms with E-state index in [1.165, 1.54) is 35.7 Å². The Labute approximate surface area is 158 Å². The highest BCUT2D eigenvalue weighted by atomic mass is 32.1. The molecule has 0 saturated carbocycles. The Kier molecular flexibility index (Phi) is 5.24. The number of rotatable bonds is 5. The summed E-state index contributed by atoms with van der Waals surface area (Å²) in [5, 5.41) is 25.3. The lowest BCUT2D eigenvalue weighted by molar-refractivity contribution is -0.384. The van der Waals surface area contributed by atoms with Gasteiger partial charge in [-0.25, -0.2) is 9.37 Å². The largest absolute Gasteiger partial charge is 0.360 e. The summed E-state index contributed by atoms with van der Waals surface area (Å²) in [6.07, 6.45) is 1.47. The van der Waals surface area contributed by atoms with Crippen molar-refractivity contribution in [2.24, 2.45) is 0 Å². The number of nitrogens with one attached hydrogen (secondary N) is 1. The lowest BCUT2D eigenvalue weighted by Crippen LogP contribution is -1.93. The zero-order valence-corrected chi connectivity index (χ0v) is 15.0. The number of nitro groups is 1. The van der Waals surface area contributed by atoms with Crippen LogP contribution in [0, 0.1) is 34.2 Å². The zero-order valence-electron chi connectivity index (χ0n) is 14.1. The predicted molar refractivity (Wildman–Crippen MR) is 103 cm³/mol. The van der Waals surface area contributed by atoms with Crippen LogP contribution in [0.3, 0.4) is 0 Å². The van der Waals surface area contributed by atoms with Crippen molar-refractivity contribution in [3.63, 3.8) is 0 Å². The van der Waals surface area contributed by atoms with E-state index in [2.05, 4.69) is 16.4 Å². The third-order valence-electron chi connectivity index (χ3n) is 3.78. The van der Waals surface area contributed by atoms with E-state index in [9.17, 15) is 19.8 Å². The van der Waals surface area contributed by atoms with Crippen LogP contribution in [0.4, 0.5) is 15.8 Å². The van der Waals surface area contributed by atoms with Crippen LogP contribution in [0.25, 0.3) is 16.8 Å². The summed E-state index contributed by atoms with van der Waals surface area (Å²) < 4.78 is 13.6. The molecule has 27 heavy (non-hydrogen) atoms. The summed E-state index contributed by atoms with van der Waals surface area (Å²) >= 11 is 1.28. The Bertz CT molecular complexity index is 1070.